The number of nitrogens with zero attached hydrogens (tertiary/aromatic N) is 1. The van der Waals surface area contributed by atoms with Crippen LogP contribution in [0.4, 0.5) is 0 Å². The van der Waals surface area contributed by atoms with Crippen LogP contribution in [0, 0.1) is 17.4 Å². The molecule has 0 bridgehead atoms. The Labute approximate surface area is 132 Å². The Bertz CT molecular complexity index is 596. The Kier molecular flexibility index (Phi) is 4.38. The van der Waals surface area contributed by atoms with Gasteiger partial charge in [0.05, 0.1) is 19.3 Å². The summed E-state index contributed by atoms with van der Waals surface area (Å²) >= 11 is 0. The molecular weight excluding hydrogens is 274 g/mol. The molecule has 1 saturated carbocycles. The van der Waals surface area contributed by atoms with E-state index in [9.17, 15) is 5.26 Å². The van der Waals surface area contributed by atoms with E-state index in [1.165, 1.54) is 12.8 Å². The fourth-order valence-electron chi connectivity index (χ4n) is 3.40. The van der Waals surface area contributed by atoms with Crippen LogP contribution in [0.15, 0.2) is 24.3 Å². The number of benzene rings is 1. The molecule has 3 nitrogen and oxygen atoms in total. The van der Waals surface area contributed by atoms with Gasteiger partial charge in [-0.3, -0.25) is 0 Å². The first-order valence-electron chi connectivity index (χ1n) is 8.11. The minimum Gasteiger partial charge on any atom is -0.493 e. The molecule has 1 radical (unpaired) electrons. The summed E-state index contributed by atoms with van der Waals surface area (Å²) in [6.45, 7) is 0. The van der Waals surface area contributed by atoms with E-state index >= 15 is 0 Å². The standard InChI is InChI=1S/C19H22NO2/c1-21-17-10-9-15(19(14-20)11-5-2-6-12-19)13-18(17)22-16-7-3-4-8-16/h9-10,12-13,16H,2-5,7-8,11H2,1H3. The lowest BCUT2D eigenvalue weighted by atomic mass is 9.74. The van der Waals surface area contributed by atoms with Crippen molar-refractivity contribution in [2.24, 2.45) is 0 Å². The Hall–Kier alpha value is -1.95. The summed E-state index contributed by atoms with van der Waals surface area (Å²) in [4.78, 5) is 0. The van der Waals surface area contributed by atoms with Crippen molar-refractivity contribution in [1.82, 2.24) is 0 Å². The SMILES string of the molecule is COc1ccc(C2(C#N)C=[C]CCC2)cc1OC1CCCC1. The number of methoxy groups -OCH3 is 1. The summed E-state index contributed by atoms with van der Waals surface area (Å²) < 4.78 is 11.6. The van der Waals surface area contributed by atoms with Crippen molar-refractivity contribution in [3.63, 3.8) is 0 Å². The molecule has 0 N–H and O–H groups in total. The molecule has 0 aliphatic heterocycles. The zero-order valence-electron chi connectivity index (χ0n) is 13.1. The molecule has 1 fully saturated rings. The van der Waals surface area contributed by atoms with Crippen LogP contribution in [0.1, 0.15) is 50.5 Å². The van der Waals surface area contributed by atoms with Crippen molar-refractivity contribution in [3.05, 3.63) is 35.9 Å². The predicted octanol–water partition coefficient (Wildman–Crippen LogP) is 4.32. The van der Waals surface area contributed by atoms with Crippen molar-refractivity contribution >= 4 is 0 Å². The normalized spacial score (nSPS) is 24.9. The van der Waals surface area contributed by atoms with Crippen LogP contribution in [0.3, 0.4) is 0 Å². The Morgan fingerprint density at radius 1 is 1.23 bits per heavy atom. The average Bonchev–Trinajstić information content (AvgIpc) is 3.08. The lowest BCUT2D eigenvalue weighted by Gasteiger charge is -2.27. The smallest absolute Gasteiger partial charge is 0.161 e. The predicted molar refractivity (Wildman–Crippen MR) is 84.8 cm³/mol. The molecule has 0 amide bonds. The second-order valence-electron chi connectivity index (χ2n) is 6.18. The fraction of sp³-hybridized carbons (Fsp3) is 0.526. The zero-order chi connectivity index (χ0) is 15.4. The third-order valence-electron chi connectivity index (χ3n) is 4.71. The summed E-state index contributed by atoms with van der Waals surface area (Å²) in [5.41, 5.74) is 0.411. The van der Waals surface area contributed by atoms with Gasteiger partial charge in [-0.2, -0.15) is 5.26 Å². The largest absolute Gasteiger partial charge is 0.493 e. The van der Waals surface area contributed by atoms with Gasteiger partial charge in [-0.1, -0.05) is 12.1 Å². The van der Waals surface area contributed by atoms with E-state index in [0.717, 1.165) is 49.2 Å². The maximum absolute atomic E-state index is 9.70. The van der Waals surface area contributed by atoms with E-state index in [1.807, 2.05) is 24.3 Å². The summed E-state index contributed by atoms with van der Waals surface area (Å²) in [5, 5.41) is 9.70. The highest BCUT2D eigenvalue weighted by Crippen LogP contribution is 2.39. The van der Waals surface area contributed by atoms with Gasteiger partial charge in [-0.25, -0.2) is 0 Å². The van der Waals surface area contributed by atoms with E-state index < -0.39 is 5.41 Å². The van der Waals surface area contributed by atoms with E-state index in [0.29, 0.717) is 0 Å². The summed E-state index contributed by atoms with van der Waals surface area (Å²) in [7, 11) is 1.66. The van der Waals surface area contributed by atoms with Gasteiger partial charge in [-0.15, -0.1) is 0 Å². The third kappa shape index (κ3) is 2.83. The molecule has 2 aliphatic rings. The molecule has 1 aromatic carbocycles. The van der Waals surface area contributed by atoms with Gasteiger partial charge in [0.15, 0.2) is 11.5 Å². The molecule has 115 valence electrons. The van der Waals surface area contributed by atoms with Crippen LogP contribution in [-0.4, -0.2) is 13.2 Å². The molecule has 3 heteroatoms. The lowest BCUT2D eigenvalue weighted by molar-refractivity contribution is 0.200. The van der Waals surface area contributed by atoms with Gasteiger partial charge in [0.2, 0.25) is 0 Å². The van der Waals surface area contributed by atoms with Gasteiger partial charge in [-0.05, 0) is 68.7 Å². The Morgan fingerprint density at radius 3 is 2.68 bits per heavy atom. The van der Waals surface area contributed by atoms with Crippen molar-refractivity contribution in [2.45, 2.75) is 56.5 Å². The van der Waals surface area contributed by atoms with Crippen LogP contribution in [-0.2, 0) is 5.41 Å². The molecule has 0 saturated heterocycles. The van der Waals surface area contributed by atoms with Gasteiger partial charge in [0.1, 0.15) is 5.41 Å². The lowest BCUT2D eigenvalue weighted by Crippen LogP contribution is -2.24. The highest BCUT2D eigenvalue weighted by Gasteiger charge is 2.32. The number of allylic oxidation sites excluding steroid dienone is 2. The highest BCUT2D eigenvalue weighted by molar-refractivity contribution is 5.49. The third-order valence-corrected chi connectivity index (χ3v) is 4.71. The van der Waals surface area contributed by atoms with Crippen molar-refractivity contribution in [3.8, 4) is 17.6 Å². The van der Waals surface area contributed by atoms with E-state index in [2.05, 4.69) is 12.1 Å². The van der Waals surface area contributed by atoms with Crippen LogP contribution >= 0.6 is 0 Å². The molecule has 0 aromatic heterocycles. The molecule has 0 spiro atoms. The first kappa shape index (κ1) is 15.0. The molecule has 3 rings (SSSR count). The average molecular weight is 296 g/mol. The summed E-state index contributed by atoms with van der Waals surface area (Å²) in [5.74, 6) is 1.51. The highest BCUT2D eigenvalue weighted by atomic mass is 16.5. The van der Waals surface area contributed by atoms with E-state index in [4.69, 9.17) is 9.47 Å². The maximum Gasteiger partial charge on any atom is 0.161 e. The minimum absolute atomic E-state index is 0.274. The topological polar surface area (TPSA) is 42.2 Å². The monoisotopic (exact) mass is 296 g/mol. The van der Waals surface area contributed by atoms with Crippen molar-refractivity contribution in [2.75, 3.05) is 7.11 Å². The van der Waals surface area contributed by atoms with Gasteiger partial charge in [0.25, 0.3) is 0 Å². The molecule has 1 atom stereocenters. The fourth-order valence-corrected chi connectivity index (χ4v) is 3.40. The van der Waals surface area contributed by atoms with Gasteiger partial charge in [0, 0.05) is 0 Å². The first-order valence-corrected chi connectivity index (χ1v) is 8.11. The maximum atomic E-state index is 9.70. The van der Waals surface area contributed by atoms with Gasteiger partial charge < -0.3 is 9.47 Å². The number of hydrogen-bond acceptors (Lipinski definition) is 3. The number of hydrogen-bond donors (Lipinski definition) is 0. The molecule has 22 heavy (non-hydrogen) atoms. The van der Waals surface area contributed by atoms with Crippen LogP contribution < -0.4 is 9.47 Å². The summed E-state index contributed by atoms with van der Waals surface area (Å²) in [6.07, 6.45) is 12.9. The molecular formula is C19H22NO2. The number of ether oxygens (including phenoxy) is 2. The van der Waals surface area contributed by atoms with Crippen LogP contribution in [0.2, 0.25) is 0 Å². The van der Waals surface area contributed by atoms with Gasteiger partial charge >= 0.3 is 0 Å². The van der Waals surface area contributed by atoms with E-state index in [1.54, 1.807) is 7.11 Å². The second-order valence-corrected chi connectivity index (χ2v) is 6.18. The minimum atomic E-state index is -0.571. The van der Waals surface area contributed by atoms with Crippen molar-refractivity contribution in [1.29, 1.82) is 5.26 Å². The summed E-state index contributed by atoms with van der Waals surface area (Å²) in [6, 6.07) is 8.36. The second kappa shape index (κ2) is 6.44. The quantitative estimate of drug-likeness (QED) is 0.831. The number of nitriles is 1. The first-order chi connectivity index (χ1) is 10.8. The molecule has 1 unspecified atom stereocenters. The Morgan fingerprint density at radius 2 is 2.05 bits per heavy atom. The van der Waals surface area contributed by atoms with Crippen molar-refractivity contribution < 1.29 is 9.47 Å². The molecule has 1 aromatic rings. The zero-order valence-corrected chi connectivity index (χ0v) is 13.1. The molecule has 0 heterocycles. The van der Waals surface area contributed by atoms with Crippen LogP contribution in [0.5, 0.6) is 11.5 Å². The van der Waals surface area contributed by atoms with E-state index in [-0.39, 0.29) is 6.10 Å². The van der Waals surface area contributed by atoms with Crippen LogP contribution in [0.25, 0.3) is 0 Å². The molecule has 2 aliphatic carbocycles. The Balaban J connectivity index is 1.93. The number of rotatable bonds is 4.